The van der Waals surface area contributed by atoms with Crippen LogP contribution >= 0.6 is 11.5 Å². The number of aryl methyl sites for hydroxylation is 1. The topological polar surface area (TPSA) is 41.1 Å². The molecule has 0 amide bonds. The van der Waals surface area contributed by atoms with Crippen molar-refractivity contribution < 1.29 is 0 Å². The van der Waals surface area contributed by atoms with E-state index in [1.54, 1.807) is 0 Å². The second-order valence-electron chi connectivity index (χ2n) is 4.24. The summed E-state index contributed by atoms with van der Waals surface area (Å²) in [6.45, 7) is 6.79. The summed E-state index contributed by atoms with van der Waals surface area (Å²) in [7, 11) is 0. The minimum Gasteiger partial charge on any atom is -0.359 e. The molecule has 1 aromatic rings. The predicted octanol–water partition coefficient (Wildman–Crippen LogP) is 2.00. The maximum Gasteiger partial charge on any atom is 0.202 e. The second-order valence-corrected chi connectivity index (χ2v) is 4.99. The number of anilines is 1. The minimum absolute atomic E-state index is 0.975. The molecule has 1 aliphatic heterocycles. The van der Waals surface area contributed by atoms with Crippen LogP contribution in [0.4, 0.5) is 5.13 Å². The zero-order chi connectivity index (χ0) is 11.2. The van der Waals surface area contributed by atoms with E-state index in [0.717, 1.165) is 36.9 Å². The highest BCUT2D eigenvalue weighted by Crippen LogP contribution is 2.12. The number of hydrogen-bond donors (Lipinski definition) is 1. The van der Waals surface area contributed by atoms with E-state index in [1.165, 1.54) is 37.5 Å². The van der Waals surface area contributed by atoms with Crippen LogP contribution in [-0.4, -0.2) is 40.4 Å². The molecule has 2 heterocycles. The van der Waals surface area contributed by atoms with Gasteiger partial charge in [0.05, 0.1) is 0 Å². The smallest absolute Gasteiger partial charge is 0.202 e. The third-order valence-electron chi connectivity index (χ3n) is 2.84. The molecule has 0 spiro atoms. The van der Waals surface area contributed by atoms with Crippen molar-refractivity contribution in [3.63, 3.8) is 0 Å². The van der Waals surface area contributed by atoms with Crippen molar-refractivity contribution in [3.8, 4) is 0 Å². The third kappa shape index (κ3) is 3.42. The van der Waals surface area contributed by atoms with Crippen LogP contribution in [0.5, 0.6) is 0 Å². The van der Waals surface area contributed by atoms with E-state index < -0.39 is 0 Å². The van der Waals surface area contributed by atoms with Crippen molar-refractivity contribution in [2.24, 2.45) is 0 Å². The first-order valence-corrected chi connectivity index (χ1v) is 6.94. The predicted molar refractivity (Wildman–Crippen MR) is 68.1 cm³/mol. The molecule has 16 heavy (non-hydrogen) atoms. The van der Waals surface area contributed by atoms with E-state index in [0.29, 0.717) is 0 Å². The Morgan fingerprint density at radius 1 is 1.38 bits per heavy atom. The van der Waals surface area contributed by atoms with E-state index >= 15 is 0 Å². The lowest BCUT2D eigenvalue weighted by Crippen LogP contribution is -2.25. The van der Waals surface area contributed by atoms with Crippen molar-refractivity contribution in [1.29, 1.82) is 0 Å². The molecule has 4 nitrogen and oxygen atoms in total. The fraction of sp³-hybridized carbons (Fsp3) is 0.818. The Hall–Kier alpha value is -0.680. The molecule has 0 unspecified atom stereocenters. The SMILES string of the molecule is CCCc1nsc(NCCN2CCCC2)n1. The van der Waals surface area contributed by atoms with Crippen LogP contribution < -0.4 is 5.32 Å². The van der Waals surface area contributed by atoms with Gasteiger partial charge in [0, 0.05) is 31.0 Å². The summed E-state index contributed by atoms with van der Waals surface area (Å²) in [6, 6.07) is 0. The van der Waals surface area contributed by atoms with Crippen molar-refractivity contribution in [3.05, 3.63) is 5.82 Å². The van der Waals surface area contributed by atoms with Crippen molar-refractivity contribution in [2.75, 3.05) is 31.5 Å². The van der Waals surface area contributed by atoms with Gasteiger partial charge in [-0.25, -0.2) is 4.98 Å². The first-order chi connectivity index (χ1) is 7.88. The van der Waals surface area contributed by atoms with Gasteiger partial charge in [-0.15, -0.1) is 0 Å². The number of nitrogens with zero attached hydrogens (tertiary/aromatic N) is 3. The number of nitrogens with one attached hydrogen (secondary N) is 1. The summed E-state index contributed by atoms with van der Waals surface area (Å²) in [4.78, 5) is 6.94. The maximum atomic E-state index is 4.44. The number of hydrogen-bond acceptors (Lipinski definition) is 5. The largest absolute Gasteiger partial charge is 0.359 e. The van der Waals surface area contributed by atoms with Gasteiger partial charge < -0.3 is 10.2 Å². The second kappa shape index (κ2) is 6.15. The summed E-state index contributed by atoms with van der Waals surface area (Å²) >= 11 is 1.48. The van der Waals surface area contributed by atoms with Gasteiger partial charge in [-0.05, 0) is 32.4 Å². The van der Waals surface area contributed by atoms with Gasteiger partial charge in [0.2, 0.25) is 5.13 Å². The molecular formula is C11H20N4S. The third-order valence-corrected chi connectivity index (χ3v) is 3.56. The average Bonchev–Trinajstić information content (AvgIpc) is 2.90. The number of rotatable bonds is 6. The Balaban J connectivity index is 1.67. The van der Waals surface area contributed by atoms with Crippen LogP contribution in [0.3, 0.4) is 0 Å². The minimum atomic E-state index is 0.975. The van der Waals surface area contributed by atoms with Crippen molar-refractivity contribution in [1.82, 2.24) is 14.3 Å². The van der Waals surface area contributed by atoms with E-state index in [2.05, 4.69) is 26.5 Å². The van der Waals surface area contributed by atoms with Gasteiger partial charge in [0.25, 0.3) is 0 Å². The van der Waals surface area contributed by atoms with Crippen LogP contribution in [0.25, 0.3) is 0 Å². The van der Waals surface area contributed by atoms with E-state index in [-0.39, 0.29) is 0 Å². The Morgan fingerprint density at radius 2 is 2.19 bits per heavy atom. The van der Waals surface area contributed by atoms with Crippen molar-refractivity contribution >= 4 is 16.7 Å². The molecule has 0 aliphatic carbocycles. The first-order valence-electron chi connectivity index (χ1n) is 6.17. The molecule has 0 bridgehead atoms. The molecule has 0 radical (unpaired) electrons. The van der Waals surface area contributed by atoms with Gasteiger partial charge in [-0.3, -0.25) is 0 Å². The zero-order valence-corrected chi connectivity index (χ0v) is 10.7. The van der Waals surface area contributed by atoms with Crippen LogP contribution in [0, 0.1) is 0 Å². The molecule has 0 saturated carbocycles. The molecular weight excluding hydrogens is 220 g/mol. The van der Waals surface area contributed by atoms with Gasteiger partial charge >= 0.3 is 0 Å². The monoisotopic (exact) mass is 240 g/mol. The molecule has 1 N–H and O–H groups in total. The Kier molecular flexibility index (Phi) is 4.54. The summed E-state index contributed by atoms with van der Waals surface area (Å²) < 4.78 is 4.31. The summed E-state index contributed by atoms with van der Waals surface area (Å²) in [5, 5.41) is 4.33. The molecule has 1 aromatic heterocycles. The molecule has 5 heteroatoms. The highest BCUT2D eigenvalue weighted by atomic mass is 32.1. The summed E-state index contributed by atoms with van der Waals surface area (Å²) in [6.07, 6.45) is 4.83. The standard InChI is InChI=1S/C11H20N4S/c1-2-5-10-13-11(16-14-10)12-6-9-15-7-3-4-8-15/h2-9H2,1H3,(H,12,13,14). The molecule has 1 saturated heterocycles. The first kappa shape index (κ1) is 11.8. The van der Waals surface area contributed by atoms with Gasteiger partial charge in [0.15, 0.2) is 0 Å². The van der Waals surface area contributed by atoms with Gasteiger partial charge in [-0.1, -0.05) is 6.92 Å². The molecule has 1 aliphatic rings. The Bertz CT molecular complexity index is 307. The quantitative estimate of drug-likeness (QED) is 0.825. The highest BCUT2D eigenvalue weighted by molar-refractivity contribution is 7.09. The zero-order valence-electron chi connectivity index (χ0n) is 9.91. The maximum absolute atomic E-state index is 4.44. The highest BCUT2D eigenvalue weighted by Gasteiger charge is 2.10. The molecule has 0 aromatic carbocycles. The van der Waals surface area contributed by atoms with E-state index in [1.807, 2.05) is 0 Å². The fourth-order valence-corrected chi connectivity index (χ4v) is 2.61. The normalized spacial score (nSPS) is 16.8. The number of likely N-dealkylation sites (tertiary alicyclic amines) is 1. The lowest BCUT2D eigenvalue weighted by atomic mass is 10.3. The van der Waals surface area contributed by atoms with Crippen LogP contribution in [0.15, 0.2) is 0 Å². The average molecular weight is 240 g/mol. The Morgan fingerprint density at radius 3 is 2.94 bits per heavy atom. The van der Waals surface area contributed by atoms with Crippen LogP contribution in [-0.2, 0) is 6.42 Å². The molecule has 1 fully saturated rings. The molecule has 0 atom stereocenters. The molecule has 90 valence electrons. The van der Waals surface area contributed by atoms with Crippen LogP contribution in [0.1, 0.15) is 32.0 Å². The van der Waals surface area contributed by atoms with Crippen molar-refractivity contribution in [2.45, 2.75) is 32.6 Å². The van der Waals surface area contributed by atoms with E-state index in [9.17, 15) is 0 Å². The Labute approximate surface area is 101 Å². The number of aromatic nitrogens is 2. The van der Waals surface area contributed by atoms with Crippen LogP contribution in [0.2, 0.25) is 0 Å². The fourth-order valence-electron chi connectivity index (χ4n) is 1.98. The summed E-state index contributed by atoms with van der Waals surface area (Å²) in [5.41, 5.74) is 0. The van der Waals surface area contributed by atoms with E-state index in [4.69, 9.17) is 0 Å². The lowest BCUT2D eigenvalue weighted by Gasteiger charge is -2.13. The van der Waals surface area contributed by atoms with Gasteiger partial charge in [-0.2, -0.15) is 4.37 Å². The van der Waals surface area contributed by atoms with Gasteiger partial charge in [0.1, 0.15) is 5.82 Å². The summed E-state index contributed by atoms with van der Waals surface area (Å²) in [5.74, 6) is 0.983. The lowest BCUT2D eigenvalue weighted by molar-refractivity contribution is 0.352. The molecule has 2 rings (SSSR count).